The molecule has 0 radical (unpaired) electrons. The van der Waals surface area contributed by atoms with Crippen molar-refractivity contribution in [3.8, 4) is 5.75 Å². The van der Waals surface area contributed by atoms with Gasteiger partial charge in [-0.2, -0.15) is 0 Å². The van der Waals surface area contributed by atoms with Gasteiger partial charge in [-0.15, -0.1) is 0 Å². The first kappa shape index (κ1) is 13.1. The zero-order chi connectivity index (χ0) is 12.3. The first-order chi connectivity index (χ1) is 8.19. The summed E-state index contributed by atoms with van der Waals surface area (Å²) in [5.41, 5.74) is 1.34. The molecule has 2 nitrogen and oxygen atoms in total. The third kappa shape index (κ3) is 3.57. The van der Waals surface area contributed by atoms with E-state index in [0.717, 1.165) is 18.6 Å². The number of ether oxygens (including phenoxy) is 1. The van der Waals surface area contributed by atoms with Crippen molar-refractivity contribution >= 4 is 22.6 Å². The number of hydrogen-bond donors (Lipinski definition) is 2. The Hall–Kier alpha value is -0.320. The van der Waals surface area contributed by atoms with Gasteiger partial charge in [0.1, 0.15) is 11.9 Å². The van der Waals surface area contributed by atoms with E-state index >= 15 is 0 Å². The molecule has 0 unspecified atom stereocenters. The van der Waals surface area contributed by atoms with Gasteiger partial charge in [-0.05, 0) is 34.6 Å². The number of nitrogens with one attached hydrogen (secondary N) is 1. The molecule has 0 aromatic heterocycles. The molecule has 1 aliphatic carbocycles. The molecule has 1 aromatic rings. The van der Waals surface area contributed by atoms with Crippen LogP contribution in [0.15, 0.2) is 24.3 Å². The van der Waals surface area contributed by atoms with E-state index in [0.29, 0.717) is 18.1 Å². The van der Waals surface area contributed by atoms with E-state index in [9.17, 15) is 0 Å². The molecule has 1 N–H and O–H groups in total. The smallest absolute Gasteiger partial charge is 0.120 e. The molecular formula is C13H19NOS2. The number of hydrogen-bond acceptors (Lipinski definition) is 4. The maximum absolute atomic E-state index is 5.94. The second-order valence-electron chi connectivity index (χ2n) is 4.84. The normalized spacial score (nSPS) is 23.5. The lowest BCUT2D eigenvalue weighted by Crippen LogP contribution is -2.44. The van der Waals surface area contributed by atoms with E-state index < -0.39 is 0 Å². The van der Waals surface area contributed by atoms with Crippen molar-refractivity contribution in [2.45, 2.75) is 44.8 Å². The molecular weight excluding hydrogens is 250 g/mol. The quantitative estimate of drug-likeness (QED) is 0.482. The molecule has 0 bridgehead atoms. The molecule has 4 heteroatoms. The highest BCUT2D eigenvalue weighted by atomic mass is 33.1. The van der Waals surface area contributed by atoms with Crippen molar-refractivity contribution in [1.29, 1.82) is 0 Å². The first-order valence-electron chi connectivity index (χ1n) is 6.01. The third-order valence-electron chi connectivity index (χ3n) is 3.14. The Morgan fingerprint density at radius 2 is 2.18 bits per heavy atom. The summed E-state index contributed by atoms with van der Waals surface area (Å²) >= 11 is 4.08. The molecule has 2 rings (SSSR count). The summed E-state index contributed by atoms with van der Waals surface area (Å²) in [6, 6.07) is 8.97. The lowest BCUT2D eigenvalue weighted by atomic mass is 9.90. The summed E-state index contributed by atoms with van der Waals surface area (Å²) < 4.78 is 9.17. The van der Waals surface area contributed by atoms with E-state index in [1.165, 1.54) is 16.5 Å². The number of rotatable bonds is 5. The van der Waals surface area contributed by atoms with Crippen molar-refractivity contribution < 1.29 is 4.74 Å². The van der Waals surface area contributed by atoms with Crippen LogP contribution in [0.25, 0.3) is 0 Å². The van der Waals surface area contributed by atoms with Crippen molar-refractivity contribution in [3.63, 3.8) is 0 Å². The van der Waals surface area contributed by atoms with Crippen LogP contribution >= 0.6 is 22.6 Å². The van der Waals surface area contributed by atoms with Gasteiger partial charge in [0, 0.05) is 18.9 Å². The Bertz CT molecular complexity index is 364. The average molecular weight is 269 g/mol. The molecule has 1 fully saturated rings. The molecule has 1 aromatic carbocycles. The van der Waals surface area contributed by atoms with E-state index in [-0.39, 0.29) is 0 Å². The fourth-order valence-electron chi connectivity index (χ4n) is 1.97. The largest absolute Gasteiger partial charge is 0.490 e. The van der Waals surface area contributed by atoms with Gasteiger partial charge in [-0.25, -0.2) is 0 Å². The van der Waals surface area contributed by atoms with Crippen LogP contribution in [0.5, 0.6) is 5.75 Å². The minimum Gasteiger partial charge on any atom is -0.490 e. The zero-order valence-electron chi connectivity index (χ0n) is 10.2. The highest BCUT2D eigenvalue weighted by molar-refractivity contribution is 8.67. The lowest BCUT2D eigenvalue weighted by molar-refractivity contribution is 0.0957. The molecule has 0 spiro atoms. The monoisotopic (exact) mass is 269 g/mol. The summed E-state index contributed by atoms with van der Waals surface area (Å²) in [4.78, 5) is 0. The van der Waals surface area contributed by atoms with Crippen LogP contribution in [-0.2, 0) is 0 Å². The Labute approximate surface area is 112 Å². The lowest BCUT2D eigenvalue weighted by Gasteiger charge is -2.35. The van der Waals surface area contributed by atoms with Gasteiger partial charge in [-0.1, -0.05) is 37.6 Å². The number of thiol groups is 1. The third-order valence-corrected chi connectivity index (χ3v) is 3.90. The van der Waals surface area contributed by atoms with Gasteiger partial charge in [0.05, 0.1) is 0 Å². The molecule has 0 heterocycles. The van der Waals surface area contributed by atoms with Gasteiger partial charge in [-0.3, -0.25) is 4.72 Å². The van der Waals surface area contributed by atoms with Crippen molar-refractivity contribution in [2.24, 2.45) is 0 Å². The molecule has 0 aliphatic heterocycles. The van der Waals surface area contributed by atoms with Gasteiger partial charge >= 0.3 is 0 Å². The minimum absolute atomic E-state index is 0.357. The highest BCUT2D eigenvalue weighted by Gasteiger charge is 2.30. The fraction of sp³-hybridized carbons (Fsp3) is 0.538. The molecule has 17 heavy (non-hydrogen) atoms. The minimum atomic E-state index is 0.357. The maximum Gasteiger partial charge on any atom is 0.120 e. The van der Waals surface area contributed by atoms with Gasteiger partial charge < -0.3 is 4.74 Å². The van der Waals surface area contributed by atoms with Gasteiger partial charge in [0.2, 0.25) is 0 Å². The summed E-state index contributed by atoms with van der Waals surface area (Å²) in [7, 11) is 1.39. The predicted octanol–water partition coefficient (Wildman–Crippen LogP) is 3.80. The van der Waals surface area contributed by atoms with Crippen LogP contribution in [0, 0.1) is 0 Å². The maximum atomic E-state index is 5.94. The van der Waals surface area contributed by atoms with Crippen LogP contribution in [0.2, 0.25) is 0 Å². The van der Waals surface area contributed by atoms with Crippen LogP contribution in [0.4, 0.5) is 0 Å². The molecule has 0 saturated heterocycles. The highest BCUT2D eigenvalue weighted by Crippen LogP contribution is 2.29. The zero-order valence-corrected chi connectivity index (χ0v) is 11.9. The van der Waals surface area contributed by atoms with Crippen molar-refractivity contribution in [2.75, 3.05) is 0 Å². The van der Waals surface area contributed by atoms with E-state index in [4.69, 9.17) is 4.74 Å². The predicted molar refractivity (Wildman–Crippen MR) is 77.7 cm³/mol. The Morgan fingerprint density at radius 1 is 1.41 bits per heavy atom. The average Bonchev–Trinajstić information content (AvgIpc) is 2.27. The summed E-state index contributed by atoms with van der Waals surface area (Å²) in [5.74, 6) is 1.55. The standard InChI is InChI=1S/C13H19NOS2/c1-9(2)10-4-3-5-12(6-10)15-13-7-11(8-13)14-17-16/h3-6,9,11,13-14,16H,7-8H2,1-2H3/t11-,13-. The molecule has 94 valence electrons. The SMILES string of the molecule is CC(C)c1cccc(O[C@H]2C[C@H](NSS)C2)c1. The topological polar surface area (TPSA) is 21.3 Å². The number of benzene rings is 1. The Kier molecular flexibility index (Phi) is 4.65. The van der Waals surface area contributed by atoms with E-state index in [1.807, 2.05) is 6.07 Å². The Morgan fingerprint density at radius 3 is 2.82 bits per heavy atom. The molecule has 0 amide bonds. The second-order valence-corrected chi connectivity index (χ2v) is 5.81. The molecule has 0 atom stereocenters. The van der Waals surface area contributed by atoms with Crippen molar-refractivity contribution in [1.82, 2.24) is 4.72 Å². The fourth-order valence-corrected chi connectivity index (χ4v) is 2.76. The summed E-state index contributed by atoms with van der Waals surface area (Å²) in [6.07, 6.45) is 2.49. The van der Waals surface area contributed by atoms with E-state index in [2.05, 4.69) is 48.4 Å². The van der Waals surface area contributed by atoms with Crippen LogP contribution in [0.1, 0.15) is 38.2 Å². The van der Waals surface area contributed by atoms with Crippen LogP contribution in [-0.4, -0.2) is 12.1 Å². The van der Waals surface area contributed by atoms with Gasteiger partial charge in [0.25, 0.3) is 0 Å². The second kappa shape index (κ2) is 6.03. The first-order valence-corrected chi connectivity index (χ1v) is 7.88. The Balaban J connectivity index is 1.86. The summed E-state index contributed by atoms with van der Waals surface area (Å²) in [6.45, 7) is 4.40. The molecule has 1 saturated carbocycles. The summed E-state index contributed by atoms with van der Waals surface area (Å²) in [5, 5.41) is 0. The van der Waals surface area contributed by atoms with Crippen LogP contribution < -0.4 is 9.46 Å². The molecule has 1 aliphatic rings. The van der Waals surface area contributed by atoms with E-state index in [1.54, 1.807) is 0 Å². The van der Waals surface area contributed by atoms with Crippen LogP contribution in [0.3, 0.4) is 0 Å². The van der Waals surface area contributed by atoms with Crippen molar-refractivity contribution in [3.05, 3.63) is 29.8 Å². The van der Waals surface area contributed by atoms with Gasteiger partial charge in [0.15, 0.2) is 0 Å².